The number of thiazole rings is 1. The Hall–Kier alpha value is -2.44. The number of aryl methyl sites for hydroxylation is 1. The van der Waals surface area contributed by atoms with Gasteiger partial charge in [-0.05, 0) is 38.0 Å². The minimum absolute atomic E-state index is 0.0147. The number of benzene rings is 1. The summed E-state index contributed by atoms with van der Waals surface area (Å²) >= 11 is 2.72. The van der Waals surface area contributed by atoms with E-state index in [2.05, 4.69) is 20.5 Å². The van der Waals surface area contributed by atoms with Gasteiger partial charge in [0.2, 0.25) is 0 Å². The molecule has 32 heavy (non-hydrogen) atoms. The molecule has 1 fully saturated rings. The van der Waals surface area contributed by atoms with Crippen LogP contribution in [0.2, 0.25) is 0 Å². The number of carbonyl (C=O) groups excluding carboxylic acids is 1. The van der Waals surface area contributed by atoms with Crippen molar-refractivity contribution in [1.82, 2.24) is 25.1 Å². The SMILES string of the molecule is Cc1nc(C(=O)NCc2nnc(SC[C@@H]3CCCO3)n2-c2cccc(C(F)(F)F)c2)cs1. The number of ether oxygens (including phenoxy) is 1. The average Bonchev–Trinajstić information content (AvgIpc) is 3.51. The summed E-state index contributed by atoms with van der Waals surface area (Å²) in [5.74, 6) is 0.544. The van der Waals surface area contributed by atoms with Crippen molar-refractivity contribution in [2.24, 2.45) is 0 Å². The lowest BCUT2D eigenvalue weighted by Gasteiger charge is -2.14. The van der Waals surface area contributed by atoms with E-state index in [1.165, 1.54) is 29.2 Å². The molecule has 0 unspecified atom stereocenters. The van der Waals surface area contributed by atoms with Gasteiger partial charge >= 0.3 is 6.18 Å². The molecule has 1 amide bonds. The van der Waals surface area contributed by atoms with E-state index in [4.69, 9.17) is 4.74 Å². The van der Waals surface area contributed by atoms with Gasteiger partial charge in [0.25, 0.3) is 5.91 Å². The van der Waals surface area contributed by atoms with Crippen molar-refractivity contribution in [3.05, 3.63) is 51.7 Å². The van der Waals surface area contributed by atoms with Gasteiger partial charge in [0.1, 0.15) is 5.69 Å². The van der Waals surface area contributed by atoms with E-state index in [0.29, 0.717) is 23.3 Å². The van der Waals surface area contributed by atoms with Crippen LogP contribution in [0.1, 0.15) is 39.7 Å². The highest BCUT2D eigenvalue weighted by Gasteiger charge is 2.31. The number of carbonyl (C=O) groups is 1. The second-order valence-corrected chi connectivity index (χ2v) is 9.21. The van der Waals surface area contributed by atoms with Crippen LogP contribution in [0.4, 0.5) is 13.2 Å². The molecule has 3 aromatic rings. The summed E-state index contributed by atoms with van der Waals surface area (Å²) in [5, 5.41) is 13.9. The quantitative estimate of drug-likeness (QED) is 0.506. The Morgan fingerprint density at radius 3 is 2.91 bits per heavy atom. The zero-order valence-electron chi connectivity index (χ0n) is 17.1. The van der Waals surface area contributed by atoms with Crippen LogP contribution >= 0.6 is 23.1 Å². The Kier molecular flexibility index (Phi) is 6.82. The van der Waals surface area contributed by atoms with Crippen molar-refractivity contribution in [2.45, 2.75) is 43.7 Å². The highest BCUT2D eigenvalue weighted by molar-refractivity contribution is 7.99. The number of thioether (sulfide) groups is 1. The molecular formula is C20H20F3N5O2S2. The van der Waals surface area contributed by atoms with Gasteiger partial charge in [0, 0.05) is 17.7 Å². The van der Waals surface area contributed by atoms with Gasteiger partial charge in [0.05, 0.1) is 28.9 Å². The van der Waals surface area contributed by atoms with Crippen LogP contribution in [-0.4, -0.2) is 44.1 Å². The van der Waals surface area contributed by atoms with Gasteiger partial charge < -0.3 is 10.1 Å². The van der Waals surface area contributed by atoms with E-state index in [1.54, 1.807) is 22.9 Å². The summed E-state index contributed by atoms with van der Waals surface area (Å²) in [6, 6.07) is 4.96. The molecule has 0 saturated carbocycles. The Morgan fingerprint density at radius 2 is 2.22 bits per heavy atom. The van der Waals surface area contributed by atoms with Crippen LogP contribution < -0.4 is 5.32 Å². The largest absolute Gasteiger partial charge is 0.416 e. The third kappa shape index (κ3) is 5.30. The van der Waals surface area contributed by atoms with Gasteiger partial charge in [0.15, 0.2) is 11.0 Å². The number of hydrogen-bond donors (Lipinski definition) is 1. The molecule has 170 valence electrons. The standard InChI is InChI=1S/C20H20F3N5O2S2/c1-12-25-16(11-31-12)18(29)24-9-17-26-27-19(32-10-15-6-3-7-30-15)28(17)14-5-2-4-13(8-14)20(21,22)23/h2,4-5,8,11,15H,3,6-7,9-10H2,1H3,(H,24,29)/t15-/m0/s1. The lowest BCUT2D eigenvalue weighted by atomic mass is 10.2. The minimum atomic E-state index is -4.48. The molecule has 1 aliphatic rings. The van der Waals surface area contributed by atoms with Crippen LogP contribution in [0, 0.1) is 6.92 Å². The molecule has 7 nitrogen and oxygen atoms in total. The van der Waals surface area contributed by atoms with Crippen LogP contribution in [0.5, 0.6) is 0 Å². The highest BCUT2D eigenvalue weighted by atomic mass is 32.2. The Balaban J connectivity index is 1.60. The number of hydrogen-bond acceptors (Lipinski definition) is 7. The number of halogens is 3. The molecule has 1 N–H and O–H groups in total. The topological polar surface area (TPSA) is 81.9 Å². The molecule has 2 aromatic heterocycles. The van der Waals surface area contributed by atoms with E-state index in [1.807, 2.05) is 0 Å². The van der Waals surface area contributed by atoms with Crippen molar-refractivity contribution < 1.29 is 22.7 Å². The van der Waals surface area contributed by atoms with E-state index in [9.17, 15) is 18.0 Å². The zero-order chi connectivity index (χ0) is 22.7. The molecule has 0 bridgehead atoms. The minimum Gasteiger partial charge on any atom is -0.377 e. The number of nitrogens with zero attached hydrogens (tertiary/aromatic N) is 4. The maximum atomic E-state index is 13.3. The number of aromatic nitrogens is 4. The first-order chi connectivity index (χ1) is 15.3. The summed E-state index contributed by atoms with van der Waals surface area (Å²) in [5.41, 5.74) is -0.217. The highest BCUT2D eigenvalue weighted by Crippen LogP contribution is 2.32. The number of amides is 1. The molecule has 3 heterocycles. The molecule has 1 saturated heterocycles. The summed E-state index contributed by atoms with van der Waals surface area (Å²) in [6.07, 6.45) is -2.49. The zero-order valence-corrected chi connectivity index (χ0v) is 18.7. The van der Waals surface area contributed by atoms with Crippen molar-refractivity contribution in [2.75, 3.05) is 12.4 Å². The molecule has 1 atom stereocenters. The van der Waals surface area contributed by atoms with Gasteiger partial charge in [-0.3, -0.25) is 9.36 Å². The fraction of sp³-hybridized carbons (Fsp3) is 0.400. The van der Waals surface area contributed by atoms with Gasteiger partial charge in [-0.15, -0.1) is 21.5 Å². The molecule has 4 rings (SSSR count). The monoisotopic (exact) mass is 483 g/mol. The van der Waals surface area contributed by atoms with Gasteiger partial charge in [-0.2, -0.15) is 13.2 Å². The third-order valence-corrected chi connectivity index (χ3v) is 6.65. The van der Waals surface area contributed by atoms with Crippen LogP contribution in [0.15, 0.2) is 34.8 Å². The predicted molar refractivity (Wildman–Crippen MR) is 114 cm³/mol. The fourth-order valence-corrected chi connectivity index (χ4v) is 4.88. The first-order valence-electron chi connectivity index (χ1n) is 9.88. The first kappa shape index (κ1) is 22.7. The molecule has 12 heteroatoms. The summed E-state index contributed by atoms with van der Waals surface area (Å²) in [7, 11) is 0. The Bertz CT molecular complexity index is 1090. The van der Waals surface area contributed by atoms with E-state index in [-0.39, 0.29) is 29.9 Å². The number of rotatable bonds is 7. The molecule has 0 radical (unpaired) electrons. The summed E-state index contributed by atoms with van der Waals surface area (Å²) < 4.78 is 47.0. The normalized spacial score (nSPS) is 16.4. The molecule has 1 aliphatic heterocycles. The van der Waals surface area contributed by atoms with Gasteiger partial charge in [-0.1, -0.05) is 17.8 Å². The lowest BCUT2D eigenvalue weighted by molar-refractivity contribution is -0.137. The smallest absolute Gasteiger partial charge is 0.377 e. The van der Waals surface area contributed by atoms with E-state index >= 15 is 0 Å². The fourth-order valence-electron chi connectivity index (χ4n) is 3.25. The van der Waals surface area contributed by atoms with E-state index in [0.717, 1.165) is 30.0 Å². The number of alkyl halides is 3. The molecule has 0 spiro atoms. The summed E-state index contributed by atoms with van der Waals surface area (Å²) in [6.45, 7) is 2.49. The predicted octanol–water partition coefficient (Wildman–Crippen LogP) is 4.25. The first-order valence-corrected chi connectivity index (χ1v) is 11.7. The van der Waals surface area contributed by atoms with E-state index < -0.39 is 11.7 Å². The third-order valence-electron chi connectivity index (χ3n) is 4.81. The van der Waals surface area contributed by atoms with Gasteiger partial charge in [-0.25, -0.2) is 4.98 Å². The maximum Gasteiger partial charge on any atom is 0.416 e. The Labute approximate surface area is 190 Å². The van der Waals surface area contributed by atoms with Crippen LogP contribution in [0.25, 0.3) is 5.69 Å². The molecular weight excluding hydrogens is 463 g/mol. The maximum absolute atomic E-state index is 13.3. The molecule has 0 aliphatic carbocycles. The number of nitrogens with one attached hydrogen (secondary N) is 1. The van der Waals surface area contributed by atoms with Crippen LogP contribution in [-0.2, 0) is 17.5 Å². The summed E-state index contributed by atoms with van der Waals surface area (Å²) in [4.78, 5) is 16.5. The van der Waals surface area contributed by atoms with Crippen molar-refractivity contribution in [3.63, 3.8) is 0 Å². The average molecular weight is 484 g/mol. The van der Waals surface area contributed by atoms with Crippen molar-refractivity contribution in [1.29, 1.82) is 0 Å². The second kappa shape index (κ2) is 9.59. The van der Waals surface area contributed by atoms with Crippen molar-refractivity contribution in [3.8, 4) is 5.69 Å². The molecule has 1 aromatic carbocycles. The lowest BCUT2D eigenvalue weighted by Crippen LogP contribution is -2.25. The Morgan fingerprint density at radius 1 is 1.38 bits per heavy atom. The second-order valence-electron chi connectivity index (χ2n) is 7.16. The van der Waals surface area contributed by atoms with Crippen LogP contribution in [0.3, 0.4) is 0 Å². The van der Waals surface area contributed by atoms with Crippen molar-refractivity contribution >= 4 is 29.0 Å².